The number of thioether (sulfide) groups is 1. The topological polar surface area (TPSA) is 146 Å². The molecule has 0 saturated carbocycles. The average Bonchev–Trinajstić information content (AvgIpc) is 3.53. The molecule has 0 aromatic heterocycles. The molecule has 0 unspecified atom stereocenters. The Morgan fingerprint density at radius 1 is 0.932 bits per heavy atom. The van der Waals surface area contributed by atoms with E-state index >= 15 is 0 Å². The van der Waals surface area contributed by atoms with Gasteiger partial charge in [0.25, 0.3) is 5.91 Å². The van der Waals surface area contributed by atoms with Gasteiger partial charge in [0.1, 0.15) is 17.9 Å². The van der Waals surface area contributed by atoms with Crippen LogP contribution in [0.5, 0.6) is 0 Å². The molecule has 2 aliphatic heterocycles. The van der Waals surface area contributed by atoms with E-state index in [9.17, 15) is 45.9 Å². The Kier molecular flexibility index (Phi) is 12.8. The van der Waals surface area contributed by atoms with Gasteiger partial charge in [0.2, 0.25) is 17.6 Å². The number of hydrogen-bond donors (Lipinski definition) is 5. The number of halogens is 5. The van der Waals surface area contributed by atoms with Crippen molar-refractivity contribution in [3.63, 3.8) is 0 Å². The van der Waals surface area contributed by atoms with Crippen LogP contribution < -0.4 is 26.6 Å². The molecular weight excluding hydrogens is 613 g/mol. The summed E-state index contributed by atoms with van der Waals surface area (Å²) >= 11 is 1.82. The van der Waals surface area contributed by atoms with Crippen molar-refractivity contribution in [2.75, 3.05) is 12.3 Å². The van der Waals surface area contributed by atoms with Crippen LogP contribution in [0.2, 0.25) is 0 Å². The van der Waals surface area contributed by atoms with Gasteiger partial charge in [-0.1, -0.05) is 20.3 Å². The normalized spacial score (nSPS) is 20.4. The molecule has 16 heteroatoms. The molecule has 0 aliphatic carbocycles. The molecule has 5 amide bonds. The molecule has 2 fully saturated rings. The van der Waals surface area contributed by atoms with E-state index in [2.05, 4.69) is 21.3 Å². The third-order valence-corrected chi connectivity index (χ3v) is 9.02. The second-order valence-electron chi connectivity index (χ2n) is 11.1. The highest BCUT2D eigenvalue weighted by Crippen LogP contribution is 2.33. The lowest BCUT2D eigenvalue weighted by molar-refractivity contribution is -0.126. The van der Waals surface area contributed by atoms with Gasteiger partial charge in [0.15, 0.2) is 23.3 Å². The summed E-state index contributed by atoms with van der Waals surface area (Å²) in [5.41, 5.74) is -1.73. The molecule has 2 saturated heterocycles. The fourth-order valence-electron chi connectivity index (χ4n) is 5.08. The molecule has 2 aliphatic rings. The summed E-state index contributed by atoms with van der Waals surface area (Å²) in [5.74, 6) is -14.2. The fraction of sp³-hybridized carbons (Fsp3) is 0.607. The second-order valence-corrected chi connectivity index (χ2v) is 12.4. The zero-order chi connectivity index (χ0) is 32.6. The zero-order valence-corrected chi connectivity index (χ0v) is 25.1. The Hall–Kier alpha value is -3.43. The van der Waals surface area contributed by atoms with Crippen molar-refractivity contribution in [3.05, 3.63) is 34.6 Å². The Bertz CT molecular complexity index is 1230. The molecule has 44 heavy (non-hydrogen) atoms. The van der Waals surface area contributed by atoms with Gasteiger partial charge in [0, 0.05) is 24.0 Å². The Labute approximate surface area is 255 Å². The first-order chi connectivity index (χ1) is 20.8. The van der Waals surface area contributed by atoms with Crippen LogP contribution in [0.25, 0.3) is 0 Å². The predicted molar refractivity (Wildman–Crippen MR) is 151 cm³/mol. The van der Waals surface area contributed by atoms with Crippen molar-refractivity contribution in [2.24, 2.45) is 5.92 Å². The van der Waals surface area contributed by atoms with E-state index in [0.717, 1.165) is 18.6 Å². The van der Waals surface area contributed by atoms with Gasteiger partial charge in [-0.25, -0.2) is 26.7 Å². The first-order valence-electron chi connectivity index (χ1n) is 14.4. The number of nitrogens with one attached hydrogen (secondary N) is 5. The van der Waals surface area contributed by atoms with E-state index in [-0.39, 0.29) is 30.4 Å². The molecule has 10 nitrogen and oxygen atoms in total. The Morgan fingerprint density at radius 2 is 1.59 bits per heavy atom. The van der Waals surface area contributed by atoms with Crippen LogP contribution in [0.3, 0.4) is 0 Å². The van der Waals surface area contributed by atoms with Crippen LogP contribution in [0.4, 0.5) is 26.7 Å². The monoisotopic (exact) mass is 649 g/mol. The first-order valence-corrected chi connectivity index (χ1v) is 15.4. The number of rotatable bonds is 16. The zero-order valence-electron chi connectivity index (χ0n) is 24.2. The molecule has 2 heterocycles. The fourth-order valence-corrected chi connectivity index (χ4v) is 6.62. The van der Waals surface area contributed by atoms with Gasteiger partial charge >= 0.3 is 6.03 Å². The first kappa shape index (κ1) is 35.1. The van der Waals surface area contributed by atoms with Crippen molar-refractivity contribution in [1.29, 1.82) is 0 Å². The number of unbranched alkanes of at least 4 members (excludes halogenated alkanes) is 2. The largest absolute Gasteiger partial charge is 0.356 e. The van der Waals surface area contributed by atoms with Gasteiger partial charge < -0.3 is 31.4 Å². The number of carbonyl (C=O) groups excluding carboxylic acids is 5. The number of hydrogen-bond acceptors (Lipinski definition) is 6. The molecule has 0 radical (unpaired) electrons. The minimum Gasteiger partial charge on any atom is -0.356 e. The number of benzene rings is 1. The van der Waals surface area contributed by atoms with Crippen LogP contribution in [0, 0.1) is 35.0 Å². The van der Waals surface area contributed by atoms with Gasteiger partial charge in [-0.15, -0.1) is 0 Å². The number of fused-ring (bicyclic) bond motifs is 1. The molecule has 1 aromatic rings. The SMILES string of the molecule is CC(C)[C@H](NC(=O)c1c(F)c(F)c(F)c(F)c1F)C(=O)N[C@H](C=O)CCCCNC(=O)CCCC[C@@H]1SC[C@@H]2NC(=O)N[C@@H]21. The van der Waals surface area contributed by atoms with E-state index < -0.39 is 64.5 Å². The van der Waals surface area contributed by atoms with Gasteiger partial charge in [-0.3, -0.25) is 14.4 Å². The molecule has 244 valence electrons. The molecule has 5 N–H and O–H groups in total. The van der Waals surface area contributed by atoms with Gasteiger partial charge in [-0.05, 0) is 38.0 Å². The summed E-state index contributed by atoms with van der Waals surface area (Å²) < 4.78 is 68.4. The standard InChI is InChI=1S/C28H36F5N5O5S/c1-13(2)24(37-26(41)18-19(29)21(31)23(33)22(32)20(18)30)27(42)35-14(11-39)7-5-6-10-34-17(40)9-4-3-8-16-25-15(12-44-16)36-28(43)38-25/h11,13-16,24-25H,3-10,12H2,1-2H3,(H,34,40)(H,35,42)(H,37,41)(H2,36,38,43)/t14-,15-,16-,24-,25-/m0/s1. The van der Waals surface area contributed by atoms with Crippen molar-refractivity contribution < 1.29 is 45.9 Å². The summed E-state index contributed by atoms with van der Waals surface area (Å²) in [5, 5.41) is 13.4. The number of aldehydes is 1. The maximum atomic E-state index is 14.0. The highest BCUT2D eigenvalue weighted by Gasteiger charge is 2.42. The summed E-state index contributed by atoms with van der Waals surface area (Å²) in [6, 6.07) is -2.29. The van der Waals surface area contributed by atoms with E-state index in [1.807, 2.05) is 17.1 Å². The molecule has 0 spiro atoms. The van der Waals surface area contributed by atoms with E-state index in [0.29, 0.717) is 43.8 Å². The summed E-state index contributed by atoms with van der Waals surface area (Å²) in [6.45, 7) is 3.29. The number of urea groups is 1. The van der Waals surface area contributed by atoms with E-state index in [1.54, 1.807) is 0 Å². The smallest absolute Gasteiger partial charge is 0.315 e. The van der Waals surface area contributed by atoms with Gasteiger partial charge in [0.05, 0.1) is 18.1 Å². The summed E-state index contributed by atoms with van der Waals surface area (Å²) in [6.07, 6.45) is 4.42. The van der Waals surface area contributed by atoms with Crippen molar-refractivity contribution in [3.8, 4) is 0 Å². The Morgan fingerprint density at radius 3 is 2.23 bits per heavy atom. The summed E-state index contributed by atoms with van der Waals surface area (Å²) in [7, 11) is 0. The average molecular weight is 650 g/mol. The lowest BCUT2D eigenvalue weighted by Crippen LogP contribution is -2.52. The number of carbonyl (C=O) groups is 5. The predicted octanol–water partition coefficient (Wildman–Crippen LogP) is 2.83. The lowest BCUT2D eigenvalue weighted by atomic mass is 10.0. The maximum Gasteiger partial charge on any atom is 0.315 e. The van der Waals surface area contributed by atoms with Crippen LogP contribution in [0.15, 0.2) is 0 Å². The molecular formula is C28H36F5N5O5S. The number of amides is 5. The third kappa shape index (κ3) is 8.82. The molecule has 0 bridgehead atoms. The molecule has 5 atom stereocenters. The van der Waals surface area contributed by atoms with E-state index in [1.165, 1.54) is 13.8 Å². The van der Waals surface area contributed by atoms with Crippen molar-refractivity contribution in [2.45, 2.75) is 88.2 Å². The molecule has 3 rings (SSSR count). The minimum atomic E-state index is -2.42. The molecule has 1 aromatic carbocycles. The minimum absolute atomic E-state index is 0.109. The van der Waals surface area contributed by atoms with Crippen molar-refractivity contribution in [1.82, 2.24) is 26.6 Å². The van der Waals surface area contributed by atoms with Crippen molar-refractivity contribution >= 4 is 41.8 Å². The highest BCUT2D eigenvalue weighted by molar-refractivity contribution is 8.00. The lowest BCUT2D eigenvalue weighted by Gasteiger charge is -2.24. The van der Waals surface area contributed by atoms with Crippen LogP contribution in [-0.2, 0) is 14.4 Å². The summed E-state index contributed by atoms with van der Waals surface area (Å²) in [4.78, 5) is 60.4. The highest BCUT2D eigenvalue weighted by atomic mass is 32.2. The third-order valence-electron chi connectivity index (χ3n) is 7.51. The van der Waals surface area contributed by atoms with Crippen LogP contribution in [0.1, 0.15) is 69.2 Å². The van der Waals surface area contributed by atoms with Crippen LogP contribution >= 0.6 is 11.8 Å². The van der Waals surface area contributed by atoms with Gasteiger partial charge in [-0.2, -0.15) is 11.8 Å². The van der Waals surface area contributed by atoms with Crippen LogP contribution in [-0.4, -0.2) is 71.8 Å². The second kappa shape index (κ2) is 16.0. The maximum absolute atomic E-state index is 14.0. The quantitative estimate of drug-likeness (QED) is 0.0465. The van der Waals surface area contributed by atoms with E-state index in [4.69, 9.17) is 0 Å². The Balaban J connectivity index is 1.36.